The quantitative estimate of drug-likeness (QED) is 0.824. The van der Waals surface area contributed by atoms with Gasteiger partial charge in [-0.2, -0.15) is 0 Å². The summed E-state index contributed by atoms with van der Waals surface area (Å²) in [5.74, 6) is 1.17. The van der Waals surface area contributed by atoms with Gasteiger partial charge in [0.05, 0.1) is 6.61 Å². The lowest BCUT2D eigenvalue weighted by Gasteiger charge is -2.21. The largest absolute Gasteiger partial charge is 0.508 e. The Morgan fingerprint density at radius 1 is 1.27 bits per heavy atom. The van der Waals surface area contributed by atoms with E-state index in [1.165, 1.54) is 0 Å². The average Bonchev–Trinajstić information content (AvgIpc) is 2.15. The lowest BCUT2D eigenvalue weighted by molar-refractivity contribution is 0.315. The van der Waals surface area contributed by atoms with Gasteiger partial charge in [-0.15, -0.1) is 0 Å². The fraction of sp³-hybridized carbons (Fsp3) is 0.538. The molecule has 0 spiro atoms. The minimum atomic E-state index is -0.0599. The zero-order chi connectivity index (χ0) is 11.5. The molecule has 1 rings (SSSR count). The van der Waals surface area contributed by atoms with E-state index in [0.29, 0.717) is 12.4 Å². The van der Waals surface area contributed by atoms with Gasteiger partial charge >= 0.3 is 0 Å². The normalized spacial score (nSPS) is 11.5. The van der Waals surface area contributed by atoms with E-state index in [1.807, 2.05) is 6.07 Å². The number of phenolic OH excluding ortho intramolecular Hbond substituents is 1. The van der Waals surface area contributed by atoms with E-state index in [2.05, 4.69) is 27.7 Å². The van der Waals surface area contributed by atoms with Crippen molar-refractivity contribution < 1.29 is 9.84 Å². The summed E-state index contributed by atoms with van der Waals surface area (Å²) in [5.41, 5.74) is 0.867. The molecule has 0 fully saturated rings. The van der Waals surface area contributed by atoms with Crippen LogP contribution >= 0.6 is 0 Å². The molecule has 0 saturated carbocycles. The third-order valence-electron chi connectivity index (χ3n) is 2.25. The molecule has 0 unspecified atom stereocenters. The van der Waals surface area contributed by atoms with Gasteiger partial charge in [0, 0.05) is 5.56 Å². The van der Waals surface area contributed by atoms with Crippen LogP contribution in [0, 0.1) is 0 Å². The second kappa shape index (κ2) is 4.56. The van der Waals surface area contributed by atoms with E-state index < -0.39 is 0 Å². The highest BCUT2D eigenvalue weighted by Gasteiger charge is 2.18. The monoisotopic (exact) mass is 208 g/mol. The first-order valence-corrected chi connectivity index (χ1v) is 5.41. The Bertz CT molecular complexity index is 324. The van der Waals surface area contributed by atoms with Crippen LogP contribution in [0.4, 0.5) is 0 Å². The molecule has 0 heterocycles. The maximum Gasteiger partial charge on any atom is 0.119 e. The van der Waals surface area contributed by atoms with Gasteiger partial charge in [0.2, 0.25) is 0 Å². The van der Waals surface area contributed by atoms with Crippen molar-refractivity contribution in [3.8, 4) is 11.5 Å². The van der Waals surface area contributed by atoms with Crippen molar-refractivity contribution in [2.75, 3.05) is 6.61 Å². The Kier molecular flexibility index (Phi) is 3.61. The molecular weight excluding hydrogens is 188 g/mol. The van der Waals surface area contributed by atoms with Gasteiger partial charge in [0.25, 0.3) is 0 Å². The third kappa shape index (κ3) is 3.15. The number of aromatic hydroxyl groups is 1. The van der Waals surface area contributed by atoms with Crippen LogP contribution in [0.25, 0.3) is 0 Å². The van der Waals surface area contributed by atoms with Crippen LogP contribution < -0.4 is 4.74 Å². The maximum atomic E-state index is 9.74. The van der Waals surface area contributed by atoms with Crippen LogP contribution in [-0.2, 0) is 5.41 Å². The van der Waals surface area contributed by atoms with Gasteiger partial charge in [-0.05, 0) is 30.0 Å². The Labute approximate surface area is 91.9 Å². The smallest absolute Gasteiger partial charge is 0.119 e. The molecule has 2 heteroatoms. The number of hydrogen-bond donors (Lipinski definition) is 1. The predicted molar refractivity (Wildman–Crippen MR) is 62.6 cm³/mol. The maximum absolute atomic E-state index is 9.74. The summed E-state index contributed by atoms with van der Waals surface area (Å²) in [7, 11) is 0. The molecule has 0 aliphatic rings. The van der Waals surface area contributed by atoms with Crippen molar-refractivity contribution in [3.63, 3.8) is 0 Å². The molecule has 0 bridgehead atoms. The van der Waals surface area contributed by atoms with E-state index >= 15 is 0 Å². The molecule has 15 heavy (non-hydrogen) atoms. The minimum absolute atomic E-state index is 0.0599. The highest BCUT2D eigenvalue weighted by atomic mass is 16.5. The zero-order valence-electron chi connectivity index (χ0n) is 10.0. The molecule has 2 nitrogen and oxygen atoms in total. The van der Waals surface area contributed by atoms with Gasteiger partial charge in [-0.25, -0.2) is 0 Å². The van der Waals surface area contributed by atoms with Crippen LogP contribution in [0.15, 0.2) is 18.2 Å². The molecule has 0 aromatic heterocycles. The minimum Gasteiger partial charge on any atom is -0.508 e. The summed E-state index contributed by atoms with van der Waals surface area (Å²) in [6.45, 7) is 9.02. The van der Waals surface area contributed by atoms with Crippen LogP contribution in [-0.4, -0.2) is 11.7 Å². The van der Waals surface area contributed by atoms with Gasteiger partial charge in [-0.3, -0.25) is 0 Å². The predicted octanol–water partition coefficient (Wildman–Crippen LogP) is 3.48. The van der Waals surface area contributed by atoms with Crippen LogP contribution in [0.1, 0.15) is 39.7 Å². The van der Waals surface area contributed by atoms with E-state index in [4.69, 9.17) is 4.74 Å². The molecule has 0 atom stereocenters. The second-order valence-electron chi connectivity index (χ2n) is 4.78. The summed E-state index contributed by atoms with van der Waals surface area (Å²) in [6.07, 6.45) is 0.992. The molecule has 0 aliphatic heterocycles. The van der Waals surface area contributed by atoms with Crippen LogP contribution in [0.5, 0.6) is 11.5 Å². The fourth-order valence-electron chi connectivity index (χ4n) is 1.43. The summed E-state index contributed by atoms with van der Waals surface area (Å²) >= 11 is 0. The second-order valence-corrected chi connectivity index (χ2v) is 4.78. The van der Waals surface area contributed by atoms with Crippen molar-refractivity contribution in [1.29, 1.82) is 0 Å². The summed E-state index contributed by atoms with van der Waals surface area (Å²) in [5, 5.41) is 9.74. The SMILES string of the molecule is CCCOc1ccc(O)c(C(C)(C)C)c1. The van der Waals surface area contributed by atoms with Crippen molar-refractivity contribution in [2.24, 2.45) is 0 Å². The molecule has 0 amide bonds. The first-order chi connectivity index (χ1) is 6.95. The molecule has 0 saturated heterocycles. The summed E-state index contributed by atoms with van der Waals surface area (Å²) in [6, 6.07) is 5.43. The summed E-state index contributed by atoms with van der Waals surface area (Å²) < 4.78 is 5.53. The van der Waals surface area contributed by atoms with Gasteiger partial charge in [0.15, 0.2) is 0 Å². The third-order valence-corrected chi connectivity index (χ3v) is 2.25. The van der Waals surface area contributed by atoms with Gasteiger partial charge < -0.3 is 9.84 Å². The van der Waals surface area contributed by atoms with E-state index in [9.17, 15) is 5.11 Å². The fourth-order valence-corrected chi connectivity index (χ4v) is 1.43. The molecule has 1 aromatic rings. The molecule has 1 N–H and O–H groups in total. The van der Waals surface area contributed by atoms with Gasteiger partial charge in [-0.1, -0.05) is 27.7 Å². The lowest BCUT2D eigenvalue weighted by atomic mass is 9.86. The van der Waals surface area contributed by atoms with Gasteiger partial charge in [0.1, 0.15) is 11.5 Å². The Balaban J connectivity index is 2.95. The molecule has 0 aliphatic carbocycles. The van der Waals surface area contributed by atoms with Crippen molar-refractivity contribution in [1.82, 2.24) is 0 Å². The van der Waals surface area contributed by atoms with Crippen LogP contribution in [0.2, 0.25) is 0 Å². The average molecular weight is 208 g/mol. The highest BCUT2D eigenvalue weighted by Crippen LogP contribution is 2.33. The van der Waals surface area contributed by atoms with Crippen molar-refractivity contribution >= 4 is 0 Å². The highest BCUT2D eigenvalue weighted by molar-refractivity contribution is 5.43. The molecule has 0 radical (unpaired) electrons. The first kappa shape index (κ1) is 11.9. The number of benzene rings is 1. The number of phenols is 1. The standard InChI is InChI=1S/C13H20O2/c1-5-8-15-10-6-7-12(14)11(9-10)13(2,3)4/h6-7,9,14H,5,8H2,1-4H3. The Morgan fingerprint density at radius 2 is 1.93 bits per heavy atom. The zero-order valence-corrected chi connectivity index (χ0v) is 10.0. The first-order valence-electron chi connectivity index (χ1n) is 5.41. The molecule has 84 valence electrons. The van der Waals surface area contributed by atoms with E-state index in [-0.39, 0.29) is 5.41 Å². The van der Waals surface area contributed by atoms with Crippen molar-refractivity contribution in [3.05, 3.63) is 23.8 Å². The van der Waals surface area contributed by atoms with Crippen molar-refractivity contribution in [2.45, 2.75) is 39.5 Å². The lowest BCUT2D eigenvalue weighted by Crippen LogP contribution is -2.11. The Morgan fingerprint density at radius 3 is 2.47 bits per heavy atom. The van der Waals surface area contributed by atoms with E-state index in [0.717, 1.165) is 17.7 Å². The van der Waals surface area contributed by atoms with E-state index in [1.54, 1.807) is 12.1 Å². The topological polar surface area (TPSA) is 29.5 Å². The van der Waals surface area contributed by atoms with Crippen LogP contribution in [0.3, 0.4) is 0 Å². The molecular formula is C13H20O2. The Hall–Kier alpha value is -1.18. The number of ether oxygens (including phenoxy) is 1. The summed E-state index contributed by atoms with van der Waals surface area (Å²) in [4.78, 5) is 0. The number of hydrogen-bond acceptors (Lipinski definition) is 2. The molecule has 1 aromatic carbocycles. The number of rotatable bonds is 3.